The van der Waals surface area contributed by atoms with Crippen molar-refractivity contribution < 1.29 is 4.79 Å². The van der Waals surface area contributed by atoms with Gasteiger partial charge in [-0.25, -0.2) is 0 Å². The summed E-state index contributed by atoms with van der Waals surface area (Å²) in [6, 6.07) is 14.8. The van der Waals surface area contributed by atoms with E-state index in [1.807, 2.05) is 42.5 Å². The number of nitrogens with one attached hydrogen (secondary N) is 1. The molecule has 1 aromatic heterocycles. The van der Waals surface area contributed by atoms with Crippen LogP contribution in [0.2, 0.25) is 5.02 Å². The van der Waals surface area contributed by atoms with E-state index in [4.69, 9.17) is 11.6 Å². The lowest BCUT2D eigenvalue weighted by Gasteiger charge is -2.32. The Labute approximate surface area is 174 Å². The van der Waals surface area contributed by atoms with Crippen LogP contribution in [0.15, 0.2) is 59.5 Å². The predicted octanol–water partition coefficient (Wildman–Crippen LogP) is 4.49. The van der Waals surface area contributed by atoms with E-state index in [1.54, 1.807) is 10.7 Å². The molecule has 1 saturated carbocycles. The highest BCUT2D eigenvalue weighted by atomic mass is 35.5. The molecule has 0 radical (unpaired) electrons. The van der Waals surface area contributed by atoms with Gasteiger partial charge in [0.2, 0.25) is 11.3 Å². The van der Waals surface area contributed by atoms with Crippen LogP contribution < -0.4 is 10.7 Å². The number of carbonyl (C=O) groups excluding carboxylic acids is 1. The zero-order chi connectivity index (χ0) is 20.2. The fourth-order valence-electron chi connectivity index (χ4n) is 4.29. The summed E-state index contributed by atoms with van der Waals surface area (Å²) < 4.78 is 1.58. The first kappa shape index (κ1) is 19.6. The molecule has 1 aliphatic rings. The third-order valence-corrected chi connectivity index (χ3v) is 6.08. The fourth-order valence-corrected chi connectivity index (χ4v) is 4.54. The third kappa shape index (κ3) is 4.35. The van der Waals surface area contributed by atoms with Gasteiger partial charge < -0.3 is 5.32 Å². The van der Waals surface area contributed by atoms with Gasteiger partial charge in [0.1, 0.15) is 6.54 Å². The summed E-state index contributed by atoms with van der Waals surface area (Å²) in [4.78, 5) is 25.0. The van der Waals surface area contributed by atoms with Gasteiger partial charge in [-0.15, -0.1) is 0 Å². The van der Waals surface area contributed by atoms with E-state index in [0.29, 0.717) is 21.8 Å². The van der Waals surface area contributed by atoms with Crippen molar-refractivity contribution in [1.82, 2.24) is 15.1 Å². The van der Waals surface area contributed by atoms with Crippen molar-refractivity contribution in [1.29, 1.82) is 0 Å². The fraction of sp³-hybridized carbons (Fsp3) is 0.348. The Morgan fingerprint density at radius 1 is 1.10 bits per heavy atom. The predicted molar refractivity (Wildman–Crippen MR) is 115 cm³/mol. The first-order chi connectivity index (χ1) is 14.1. The van der Waals surface area contributed by atoms with Crippen LogP contribution in [-0.2, 0) is 11.3 Å². The van der Waals surface area contributed by atoms with Crippen LogP contribution in [0.5, 0.6) is 0 Å². The topological polar surface area (TPSA) is 64.0 Å². The van der Waals surface area contributed by atoms with Gasteiger partial charge in [-0.1, -0.05) is 61.2 Å². The second kappa shape index (κ2) is 8.78. The summed E-state index contributed by atoms with van der Waals surface area (Å²) in [7, 11) is 0. The van der Waals surface area contributed by atoms with Crippen molar-refractivity contribution in [3.05, 3.63) is 75.5 Å². The smallest absolute Gasteiger partial charge is 0.242 e. The van der Waals surface area contributed by atoms with Crippen molar-refractivity contribution in [3.63, 3.8) is 0 Å². The highest BCUT2D eigenvalue weighted by molar-refractivity contribution is 6.31. The second-order valence-electron chi connectivity index (χ2n) is 7.65. The van der Waals surface area contributed by atoms with Gasteiger partial charge in [0.15, 0.2) is 0 Å². The van der Waals surface area contributed by atoms with Crippen molar-refractivity contribution >= 4 is 28.4 Å². The molecule has 1 fully saturated rings. The van der Waals surface area contributed by atoms with E-state index in [9.17, 15) is 9.59 Å². The number of rotatable bonds is 5. The number of amides is 1. The van der Waals surface area contributed by atoms with Crippen molar-refractivity contribution in [2.75, 3.05) is 0 Å². The molecule has 0 spiro atoms. The number of benzene rings is 2. The average molecular weight is 410 g/mol. The summed E-state index contributed by atoms with van der Waals surface area (Å²) in [6.45, 7) is 0.0501. The van der Waals surface area contributed by atoms with Gasteiger partial charge in [0.25, 0.3) is 0 Å². The number of hydrogen-bond donors (Lipinski definition) is 1. The van der Waals surface area contributed by atoms with Crippen LogP contribution in [0.3, 0.4) is 0 Å². The first-order valence-corrected chi connectivity index (χ1v) is 10.5. The molecule has 0 bridgehead atoms. The van der Waals surface area contributed by atoms with E-state index < -0.39 is 0 Å². The quantitative estimate of drug-likeness (QED) is 0.675. The zero-order valence-electron chi connectivity index (χ0n) is 16.2. The van der Waals surface area contributed by atoms with Crippen LogP contribution in [0, 0.1) is 5.92 Å². The van der Waals surface area contributed by atoms with Gasteiger partial charge in [0.05, 0.1) is 17.8 Å². The molecule has 1 atom stereocenters. The maximum atomic E-state index is 13.0. The molecule has 3 aromatic rings. The lowest BCUT2D eigenvalue weighted by atomic mass is 9.81. The molecule has 4 rings (SSSR count). The normalized spacial score (nSPS) is 15.9. The van der Waals surface area contributed by atoms with Gasteiger partial charge in [-0.2, -0.15) is 5.10 Å². The number of hydrogen-bond acceptors (Lipinski definition) is 3. The van der Waals surface area contributed by atoms with E-state index in [2.05, 4.69) is 10.4 Å². The average Bonchev–Trinajstić information content (AvgIpc) is 2.75. The maximum Gasteiger partial charge on any atom is 0.242 e. The molecule has 1 amide bonds. The molecule has 0 saturated heterocycles. The number of para-hydroxylation sites is 1. The van der Waals surface area contributed by atoms with Crippen LogP contribution in [-0.4, -0.2) is 15.7 Å². The summed E-state index contributed by atoms with van der Waals surface area (Å²) in [5.74, 6) is 0.230. The van der Waals surface area contributed by atoms with E-state index in [0.717, 1.165) is 18.4 Å². The minimum atomic E-state index is -0.145. The Balaban J connectivity index is 1.60. The highest BCUT2D eigenvalue weighted by Crippen LogP contribution is 2.37. The maximum absolute atomic E-state index is 13.0. The minimum absolute atomic E-state index is 0.0501. The van der Waals surface area contributed by atoms with Gasteiger partial charge in [-0.3, -0.25) is 14.3 Å². The van der Waals surface area contributed by atoms with Gasteiger partial charge in [0, 0.05) is 10.4 Å². The van der Waals surface area contributed by atoms with Gasteiger partial charge >= 0.3 is 0 Å². The van der Waals surface area contributed by atoms with Crippen molar-refractivity contribution in [2.45, 2.75) is 44.7 Å². The van der Waals surface area contributed by atoms with E-state index in [1.165, 1.54) is 25.5 Å². The Morgan fingerprint density at radius 2 is 1.83 bits per heavy atom. The summed E-state index contributed by atoms with van der Waals surface area (Å²) >= 11 is 6.47. The number of nitrogens with zero attached hydrogens (tertiary/aromatic N) is 2. The molecule has 29 heavy (non-hydrogen) atoms. The Kier molecular flexibility index (Phi) is 5.95. The summed E-state index contributed by atoms with van der Waals surface area (Å²) in [5.41, 5.74) is 1.47. The summed E-state index contributed by atoms with van der Waals surface area (Å²) in [5, 5.41) is 8.62. The number of carbonyl (C=O) groups is 1. The second-order valence-corrected chi connectivity index (χ2v) is 8.06. The first-order valence-electron chi connectivity index (χ1n) is 10.1. The molecule has 150 valence electrons. The molecular weight excluding hydrogens is 386 g/mol. The van der Waals surface area contributed by atoms with E-state index >= 15 is 0 Å². The third-order valence-electron chi connectivity index (χ3n) is 5.73. The number of fused-ring (bicyclic) bond motifs is 1. The highest BCUT2D eigenvalue weighted by Gasteiger charge is 2.28. The Morgan fingerprint density at radius 3 is 2.62 bits per heavy atom. The Hall–Kier alpha value is -2.66. The molecule has 6 heteroatoms. The van der Waals surface area contributed by atoms with Crippen LogP contribution in [0.4, 0.5) is 0 Å². The largest absolute Gasteiger partial charge is 0.347 e. The van der Waals surface area contributed by atoms with Crippen LogP contribution in [0.1, 0.15) is 43.7 Å². The Bertz CT molecular complexity index is 1070. The lowest BCUT2D eigenvalue weighted by Crippen LogP contribution is -2.37. The van der Waals surface area contributed by atoms with Crippen molar-refractivity contribution in [3.8, 4) is 0 Å². The van der Waals surface area contributed by atoms with E-state index in [-0.39, 0.29) is 23.9 Å². The molecule has 1 heterocycles. The van der Waals surface area contributed by atoms with Crippen LogP contribution >= 0.6 is 11.6 Å². The molecule has 2 aromatic carbocycles. The minimum Gasteiger partial charge on any atom is -0.347 e. The molecule has 1 N–H and O–H groups in total. The zero-order valence-corrected chi connectivity index (χ0v) is 16.9. The SMILES string of the molecule is O=C(Cn1ncc(=O)c2ccccc21)NC(c1ccccc1Cl)C1CCCCC1. The molecule has 1 aliphatic carbocycles. The standard InChI is InChI=1S/C23H24ClN3O2/c24-19-12-6-4-10-17(19)23(16-8-2-1-3-9-16)26-22(29)15-27-20-13-7-5-11-18(20)21(28)14-25-27/h4-7,10-14,16,23H,1-3,8-9,15H2,(H,26,29). The molecule has 0 aliphatic heterocycles. The molecular formula is C23H24ClN3O2. The monoisotopic (exact) mass is 409 g/mol. The summed E-state index contributed by atoms with van der Waals surface area (Å²) in [6.07, 6.45) is 7.01. The lowest BCUT2D eigenvalue weighted by molar-refractivity contribution is -0.123. The molecule has 1 unspecified atom stereocenters. The number of halogens is 1. The van der Waals surface area contributed by atoms with Crippen LogP contribution in [0.25, 0.3) is 10.9 Å². The number of aromatic nitrogens is 2. The molecule has 5 nitrogen and oxygen atoms in total. The van der Waals surface area contributed by atoms with Crippen molar-refractivity contribution in [2.24, 2.45) is 5.92 Å². The van der Waals surface area contributed by atoms with Gasteiger partial charge in [-0.05, 0) is 42.5 Å².